The number of hydrogen-bond donors (Lipinski definition) is 1. The Morgan fingerprint density at radius 2 is 1.94 bits per heavy atom. The molecular weight excluding hydrogens is 229 g/mol. The molecule has 1 aliphatic heterocycles. The Morgan fingerprint density at radius 1 is 1.28 bits per heavy atom. The topological polar surface area (TPSA) is 35.2 Å². The number of halogens is 1. The molecule has 0 aliphatic carbocycles. The van der Waals surface area contributed by atoms with Crippen LogP contribution in [0.5, 0.6) is 0 Å². The van der Waals surface area contributed by atoms with Crippen LogP contribution in [0.4, 0.5) is 4.39 Å². The fraction of sp³-hybridized carbons (Fsp3) is 0.600. The van der Waals surface area contributed by atoms with E-state index in [1.165, 1.54) is 17.7 Å². The van der Waals surface area contributed by atoms with Crippen molar-refractivity contribution in [3.05, 3.63) is 35.6 Å². The van der Waals surface area contributed by atoms with Gasteiger partial charge in [-0.05, 0) is 57.4 Å². The van der Waals surface area contributed by atoms with Gasteiger partial charge in [-0.25, -0.2) is 4.39 Å². The van der Waals surface area contributed by atoms with Crippen molar-refractivity contribution in [2.75, 3.05) is 13.2 Å². The van der Waals surface area contributed by atoms with Gasteiger partial charge in [0.05, 0.1) is 5.60 Å². The maximum atomic E-state index is 13.1. The molecule has 100 valence electrons. The molecule has 1 aromatic carbocycles. The zero-order valence-corrected chi connectivity index (χ0v) is 11.2. The highest BCUT2D eigenvalue weighted by Crippen LogP contribution is 2.43. The van der Waals surface area contributed by atoms with Gasteiger partial charge in [0.2, 0.25) is 0 Å². The van der Waals surface area contributed by atoms with E-state index in [1.807, 2.05) is 12.1 Å². The number of nitrogens with two attached hydrogens (primary N) is 1. The normalized spacial score (nSPS) is 27.1. The molecular formula is C15H22FNO. The summed E-state index contributed by atoms with van der Waals surface area (Å²) in [5.41, 5.74) is 6.87. The zero-order valence-electron chi connectivity index (χ0n) is 11.2. The van der Waals surface area contributed by atoms with E-state index >= 15 is 0 Å². The van der Waals surface area contributed by atoms with Gasteiger partial charge in [-0.1, -0.05) is 12.1 Å². The fourth-order valence-corrected chi connectivity index (χ4v) is 3.16. The molecule has 1 heterocycles. The lowest BCUT2D eigenvalue weighted by atomic mass is 9.67. The third kappa shape index (κ3) is 2.73. The molecule has 18 heavy (non-hydrogen) atoms. The molecule has 0 aromatic heterocycles. The van der Waals surface area contributed by atoms with Crippen LogP contribution in [0.1, 0.15) is 38.7 Å². The molecule has 1 atom stereocenters. The van der Waals surface area contributed by atoms with Crippen molar-refractivity contribution < 1.29 is 9.13 Å². The second-order valence-electron chi connectivity index (χ2n) is 5.86. The lowest BCUT2D eigenvalue weighted by molar-refractivity contribution is -0.0836. The van der Waals surface area contributed by atoms with Crippen LogP contribution >= 0.6 is 0 Å². The van der Waals surface area contributed by atoms with E-state index in [2.05, 4.69) is 13.8 Å². The molecule has 0 saturated carbocycles. The van der Waals surface area contributed by atoms with Crippen LogP contribution in [-0.4, -0.2) is 18.8 Å². The fourth-order valence-electron chi connectivity index (χ4n) is 3.16. The summed E-state index contributed by atoms with van der Waals surface area (Å²) in [6, 6.07) is 6.87. The van der Waals surface area contributed by atoms with E-state index in [-0.39, 0.29) is 16.8 Å². The predicted molar refractivity (Wildman–Crippen MR) is 71.0 cm³/mol. The van der Waals surface area contributed by atoms with Crippen molar-refractivity contribution in [3.63, 3.8) is 0 Å². The summed E-state index contributed by atoms with van der Waals surface area (Å²) >= 11 is 0. The summed E-state index contributed by atoms with van der Waals surface area (Å²) in [7, 11) is 0. The number of benzene rings is 1. The second kappa shape index (κ2) is 4.98. The average molecular weight is 251 g/mol. The molecule has 1 fully saturated rings. The monoisotopic (exact) mass is 251 g/mol. The zero-order chi connectivity index (χ0) is 13.2. The van der Waals surface area contributed by atoms with Gasteiger partial charge in [0, 0.05) is 12.0 Å². The molecule has 0 bridgehead atoms. The first-order chi connectivity index (χ1) is 8.47. The summed E-state index contributed by atoms with van der Waals surface area (Å²) in [6.45, 7) is 5.61. The van der Waals surface area contributed by atoms with Gasteiger partial charge >= 0.3 is 0 Å². The van der Waals surface area contributed by atoms with E-state index in [0.717, 1.165) is 25.9 Å². The first kappa shape index (κ1) is 13.5. The van der Waals surface area contributed by atoms with Gasteiger partial charge in [-0.3, -0.25) is 0 Å². The van der Waals surface area contributed by atoms with Crippen LogP contribution in [0, 0.1) is 5.82 Å². The van der Waals surface area contributed by atoms with Crippen LogP contribution in [0.15, 0.2) is 24.3 Å². The Balaban J connectivity index is 2.34. The largest absolute Gasteiger partial charge is 0.376 e. The molecule has 1 aromatic rings. The maximum absolute atomic E-state index is 13.1. The number of hydrogen-bond acceptors (Lipinski definition) is 2. The number of ether oxygens (including phenoxy) is 1. The Bertz CT molecular complexity index is 397. The highest BCUT2D eigenvalue weighted by molar-refractivity contribution is 5.27. The Hall–Kier alpha value is -0.930. The molecule has 0 spiro atoms. The average Bonchev–Trinajstić information content (AvgIpc) is 2.28. The lowest BCUT2D eigenvalue weighted by Gasteiger charge is -2.45. The van der Waals surface area contributed by atoms with Gasteiger partial charge < -0.3 is 10.5 Å². The highest BCUT2D eigenvalue weighted by atomic mass is 19.1. The molecule has 0 amide bonds. The summed E-state index contributed by atoms with van der Waals surface area (Å²) in [4.78, 5) is 0. The summed E-state index contributed by atoms with van der Waals surface area (Å²) < 4.78 is 18.9. The highest BCUT2D eigenvalue weighted by Gasteiger charge is 2.41. The number of rotatable bonds is 3. The van der Waals surface area contributed by atoms with Gasteiger partial charge in [0.25, 0.3) is 0 Å². The maximum Gasteiger partial charge on any atom is 0.123 e. The van der Waals surface area contributed by atoms with E-state index in [0.29, 0.717) is 6.54 Å². The van der Waals surface area contributed by atoms with Gasteiger partial charge in [0.15, 0.2) is 0 Å². The lowest BCUT2D eigenvalue weighted by Crippen LogP contribution is -2.45. The van der Waals surface area contributed by atoms with Crippen LogP contribution in [-0.2, 0) is 10.2 Å². The minimum Gasteiger partial charge on any atom is -0.376 e. The SMILES string of the molecule is CC1(C)C[C@](CCN)(c2ccc(F)cc2)CCO1. The van der Waals surface area contributed by atoms with Crippen LogP contribution < -0.4 is 5.73 Å². The second-order valence-corrected chi connectivity index (χ2v) is 5.86. The van der Waals surface area contributed by atoms with Crippen LogP contribution in [0.3, 0.4) is 0 Å². The molecule has 2 N–H and O–H groups in total. The van der Waals surface area contributed by atoms with E-state index in [1.54, 1.807) is 0 Å². The van der Waals surface area contributed by atoms with Gasteiger partial charge in [-0.2, -0.15) is 0 Å². The molecule has 2 nitrogen and oxygen atoms in total. The molecule has 3 heteroatoms. The standard InChI is InChI=1S/C15H22FNO/c1-14(2)11-15(7-9-17,8-10-18-14)12-3-5-13(16)6-4-12/h3-6H,7-11,17H2,1-2H3/t15-/m1/s1. The first-order valence-corrected chi connectivity index (χ1v) is 6.58. The van der Waals surface area contributed by atoms with E-state index in [9.17, 15) is 4.39 Å². The third-order valence-electron chi connectivity index (χ3n) is 3.92. The first-order valence-electron chi connectivity index (χ1n) is 6.58. The predicted octanol–water partition coefficient (Wildman–Crippen LogP) is 3.00. The smallest absolute Gasteiger partial charge is 0.123 e. The Morgan fingerprint density at radius 3 is 2.50 bits per heavy atom. The Labute approximate surface area is 108 Å². The molecule has 1 saturated heterocycles. The van der Waals surface area contributed by atoms with Gasteiger partial charge in [0.1, 0.15) is 5.82 Å². The van der Waals surface area contributed by atoms with Crippen molar-refractivity contribution in [1.82, 2.24) is 0 Å². The Kier molecular flexibility index (Phi) is 3.74. The summed E-state index contributed by atoms with van der Waals surface area (Å²) in [5, 5.41) is 0. The summed E-state index contributed by atoms with van der Waals surface area (Å²) in [6.07, 6.45) is 2.81. The van der Waals surface area contributed by atoms with Crippen molar-refractivity contribution in [2.45, 2.75) is 44.1 Å². The quantitative estimate of drug-likeness (QED) is 0.896. The van der Waals surface area contributed by atoms with Crippen molar-refractivity contribution in [2.24, 2.45) is 5.73 Å². The molecule has 0 radical (unpaired) electrons. The molecule has 0 unspecified atom stereocenters. The van der Waals surface area contributed by atoms with E-state index in [4.69, 9.17) is 10.5 Å². The minimum atomic E-state index is -0.187. The molecule has 2 rings (SSSR count). The van der Waals surface area contributed by atoms with Gasteiger partial charge in [-0.15, -0.1) is 0 Å². The van der Waals surface area contributed by atoms with Crippen molar-refractivity contribution in [1.29, 1.82) is 0 Å². The minimum absolute atomic E-state index is 0.0319. The van der Waals surface area contributed by atoms with Crippen molar-refractivity contribution in [3.8, 4) is 0 Å². The van der Waals surface area contributed by atoms with Crippen LogP contribution in [0.2, 0.25) is 0 Å². The molecule has 1 aliphatic rings. The van der Waals surface area contributed by atoms with Crippen molar-refractivity contribution >= 4 is 0 Å². The van der Waals surface area contributed by atoms with Crippen LogP contribution in [0.25, 0.3) is 0 Å². The van der Waals surface area contributed by atoms with E-state index < -0.39 is 0 Å². The summed E-state index contributed by atoms with van der Waals surface area (Å²) in [5.74, 6) is -0.187. The third-order valence-corrected chi connectivity index (χ3v) is 3.92.